The molecule has 0 aliphatic carbocycles. The lowest BCUT2D eigenvalue weighted by atomic mass is 10.1. The van der Waals surface area contributed by atoms with Crippen molar-refractivity contribution in [3.05, 3.63) is 89.6 Å². The summed E-state index contributed by atoms with van der Waals surface area (Å²) in [6.45, 7) is 2.60. The predicted molar refractivity (Wildman–Crippen MR) is 150 cm³/mol. The van der Waals surface area contributed by atoms with Crippen molar-refractivity contribution >= 4 is 49.8 Å². The van der Waals surface area contributed by atoms with E-state index in [4.69, 9.17) is 16.3 Å². The van der Waals surface area contributed by atoms with Crippen molar-refractivity contribution in [2.75, 3.05) is 42.9 Å². The summed E-state index contributed by atoms with van der Waals surface area (Å²) in [7, 11) is -2.32. The Bertz CT molecular complexity index is 1590. The molecule has 0 radical (unpaired) electrons. The van der Waals surface area contributed by atoms with E-state index in [1.807, 2.05) is 24.3 Å². The molecule has 0 atom stereocenters. The molecule has 0 saturated carbocycles. The minimum absolute atomic E-state index is 0.0518. The number of amides is 1. The number of carbonyl (C=O) groups excluding carboxylic acids is 1. The van der Waals surface area contributed by atoms with E-state index in [0.717, 1.165) is 24.4 Å². The molecular weight excluding hydrogens is 524 g/mol. The highest BCUT2D eigenvalue weighted by Gasteiger charge is 2.24. The molecule has 1 saturated heterocycles. The van der Waals surface area contributed by atoms with E-state index in [2.05, 4.69) is 14.6 Å². The first-order valence-corrected chi connectivity index (χ1v) is 14.1. The molecule has 0 spiro atoms. The summed E-state index contributed by atoms with van der Waals surface area (Å²) in [6, 6.07) is 21.0. The Morgan fingerprint density at radius 3 is 2.61 bits per heavy atom. The summed E-state index contributed by atoms with van der Waals surface area (Å²) in [5.41, 5.74) is 1.96. The highest BCUT2D eigenvalue weighted by atomic mass is 35.5. The van der Waals surface area contributed by atoms with Gasteiger partial charge in [0.05, 0.1) is 29.0 Å². The summed E-state index contributed by atoms with van der Waals surface area (Å²) < 4.78 is 34.4. The summed E-state index contributed by atoms with van der Waals surface area (Å²) in [5, 5.41) is 0.849. The topological polar surface area (TPSA) is 91.8 Å². The SMILES string of the molecule is COc1ccccc1N1CCCN(C(=O)c2ccc(NS(=O)(=O)c3cccc4cccnc34)c(Cl)c2)CC1. The minimum Gasteiger partial charge on any atom is -0.495 e. The molecular formula is C28H27ClN4O4S. The molecule has 4 aromatic rings. The van der Waals surface area contributed by atoms with Gasteiger partial charge < -0.3 is 14.5 Å². The van der Waals surface area contributed by atoms with Crippen molar-refractivity contribution in [1.82, 2.24) is 9.88 Å². The molecule has 1 fully saturated rings. The number of anilines is 2. The number of rotatable bonds is 6. The van der Waals surface area contributed by atoms with Gasteiger partial charge in [0.15, 0.2) is 0 Å². The first kappa shape index (κ1) is 25.8. The fourth-order valence-electron chi connectivity index (χ4n) is 4.66. The zero-order valence-corrected chi connectivity index (χ0v) is 22.4. The molecule has 2 heterocycles. The second kappa shape index (κ2) is 10.9. The molecule has 8 nitrogen and oxygen atoms in total. The highest BCUT2D eigenvalue weighted by Crippen LogP contribution is 2.30. The Balaban J connectivity index is 1.31. The van der Waals surface area contributed by atoms with E-state index in [0.29, 0.717) is 36.1 Å². The number of aromatic nitrogens is 1. The van der Waals surface area contributed by atoms with Crippen LogP contribution in [0.5, 0.6) is 5.75 Å². The Hall–Kier alpha value is -3.82. The van der Waals surface area contributed by atoms with Gasteiger partial charge in [-0.15, -0.1) is 0 Å². The minimum atomic E-state index is -3.97. The van der Waals surface area contributed by atoms with E-state index in [1.54, 1.807) is 48.5 Å². The highest BCUT2D eigenvalue weighted by molar-refractivity contribution is 7.93. The number of carbonyl (C=O) groups is 1. The quantitative estimate of drug-likeness (QED) is 0.361. The summed E-state index contributed by atoms with van der Waals surface area (Å²) in [6.07, 6.45) is 2.35. The molecule has 1 aliphatic heterocycles. The second-order valence-corrected chi connectivity index (χ2v) is 11.0. The molecule has 196 valence electrons. The van der Waals surface area contributed by atoms with E-state index in [1.165, 1.54) is 18.2 Å². The van der Waals surface area contributed by atoms with Crippen LogP contribution < -0.4 is 14.4 Å². The van der Waals surface area contributed by atoms with Crippen molar-refractivity contribution in [1.29, 1.82) is 0 Å². The van der Waals surface area contributed by atoms with E-state index in [-0.39, 0.29) is 21.5 Å². The zero-order chi connectivity index (χ0) is 26.7. The van der Waals surface area contributed by atoms with Crippen molar-refractivity contribution in [3.8, 4) is 5.75 Å². The van der Waals surface area contributed by atoms with Crippen LogP contribution in [0.1, 0.15) is 16.8 Å². The molecule has 1 aromatic heterocycles. The van der Waals surface area contributed by atoms with E-state index < -0.39 is 10.0 Å². The summed E-state index contributed by atoms with van der Waals surface area (Å²) in [4.78, 5) is 21.6. The van der Waals surface area contributed by atoms with Crippen LogP contribution in [0.2, 0.25) is 5.02 Å². The molecule has 1 aliphatic rings. The van der Waals surface area contributed by atoms with Gasteiger partial charge in [0, 0.05) is 43.3 Å². The lowest BCUT2D eigenvalue weighted by Gasteiger charge is -2.25. The van der Waals surface area contributed by atoms with Gasteiger partial charge in [-0.2, -0.15) is 0 Å². The third-order valence-electron chi connectivity index (χ3n) is 6.55. The Labute approximate surface area is 226 Å². The third kappa shape index (κ3) is 5.25. The lowest BCUT2D eigenvalue weighted by Crippen LogP contribution is -2.35. The molecule has 0 unspecified atom stereocenters. The second-order valence-electron chi connectivity index (χ2n) is 8.94. The average molecular weight is 551 g/mol. The van der Waals surface area contributed by atoms with Crippen LogP contribution in [-0.4, -0.2) is 57.5 Å². The van der Waals surface area contributed by atoms with Crippen molar-refractivity contribution in [2.45, 2.75) is 11.3 Å². The van der Waals surface area contributed by atoms with Crippen LogP contribution in [-0.2, 0) is 10.0 Å². The van der Waals surface area contributed by atoms with Gasteiger partial charge in [0.25, 0.3) is 15.9 Å². The van der Waals surface area contributed by atoms with Gasteiger partial charge in [-0.3, -0.25) is 14.5 Å². The van der Waals surface area contributed by atoms with Gasteiger partial charge >= 0.3 is 0 Å². The van der Waals surface area contributed by atoms with Crippen LogP contribution in [0.3, 0.4) is 0 Å². The van der Waals surface area contributed by atoms with Crippen LogP contribution in [0.25, 0.3) is 10.9 Å². The van der Waals surface area contributed by atoms with Crippen LogP contribution >= 0.6 is 11.6 Å². The number of sulfonamides is 1. The molecule has 0 bridgehead atoms. The number of fused-ring (bicyclic) bond motifs is 1. The maximum Gasteiger partial charge on any atom is 0.264 e. The fourth-order valence-corrected chi connectivity index (χ4v) is 6.20. The van der Waals surface area contributed by atoms with Crippen LogP contribution in [0.15, 0.2) is 83.9 Å². The van der Waals surface area contributed by atoms with Crippen molar-refractivity contribution < 1.29 is 17.9 Å². The molecule has 10 heteroatoms. The first-order valence-electron chi connectivity index (χ1n) is 12.2. The first-order chi connectivity index (χ1) is 18.4. The maximum absolute atomic E-state index is 13.3. The number of halogens is 1. The maximum atomic E-state index is 13.3. The Morgan fingerprint density at radius 1 is 0.974 bits per heavy atom. The molecule has 1 N–H and O–H groups in total. The molecule has 38 heavy (non-hydrogen) atoms. The number of methoxy groups -OCH3 is 1. The zero-order valence-electron chi connectivity index (χ0n) is 20.8. The van der Waals surface area contributed by atoms with Gasteiger partial charge in [-0.25, -0.2) is 8.42 Å². The Morgan fingerprint density at radius 2 is 1.79 bits per heavy atom. The predicted octanol–water partition coefficient (Wildman–Crippen LogP) is 5.05. The summed E-state index contributed by atoms with van der Waals surface area (Å²) in [5.74, 6) is 0.651. The average Bonchev–Trinajstić information content (AvgIpc) is 3.19. The smallest absolute Gasteiger partial charge is 0.264 e. The van der Waals surface area contributed by atoms with Crippen LogP contribution in [0.4, 0.5) is 11.4 Å². The normalized spacial score (nSPS) is 14.3. The standard InChI is InChI=1S/C28H27ClN4O4S/c1-37-25-10-3-2-9-24(25)32-15-6-16-33(18-17-32)28(34)21-12-13-23(22(29)19-21)31-38(35,36)26-11-4-7-20-8-5-14-30-27(20)26/h2-5,7-14,19,31H,6,15-18H2,1H3. The van der Waals surface area contributed by atoms with E-state index >= 15 is 0 Å². The molecule has 1 amide bonds. The van der Waals surface area contributed by atoms with Crippen molar-refractivity contribution in [3.63, 3.8) is 0 Å². The van der Waals surface area contributed by atoms with E-state index in [9.17, 15) is 13.2 Å². The van der Waals surface area contributed by atoms with Gasteiger partial charge in [0.1, 0.15) is 10.6 Å². The third-order valence-corrected chi connectivity index (χ3v) is 8.26. The number of hydrogen-bond acceptors (Lipinski definition) is 6. The van der Waals surface area contributed by atoms with Gasteiger partial charge in [-0.1, -0.05) is 41.9 Å². The molecule has 3 aromatic carbocycles. The summed E-state index contributed by atoms with van der Waals surface area (Å²) >= 11 is 6.46. The lowest BCUT2D eigenvalue weighted by molar-refractivity contribution is 0.0767. The monoisotopic (exact) mass is 550 g/mol. The largest absolute Gasteiger partial charge is 0.495 e. The number of nitrogens with one attached hydrogen (secondary N) is 1. The number of benzene rings is 3. The molecule has 5 rings (SSSR count). The number of para-hydroxylation sites is 3. The number of ether oxygens (including phenoxy) is 1. The van der Waals surface area contributed by atoms with Gasteiger partial charge in [0.2, 0.25) is 0 Å². The fraction of sp³-hybridized carbons (Fsp3) is 0.214. The number of nitrogens with zero attached hydrogens (tertiary/aromatic N) is 3. The number of hydrogen-bond donors (Lipinski definition) is 1. The number of pyridine rings is 1. The van der Waals surface area contributed by atoms with Crippen molar-refractivity contribution in [2.24, 2.45) is 0 Å². The van der Waals surface area contributed by atoms with Crippen LogP contribution in [0, 0.1) is 0 Å². The Kier molecular flexibility index (Phi) is 7.40. The van der Waals surface area contributed by atoms with Gasteiger partial charge in [-0.05, 0) is 48.9 Å².